The van der Waals surface area contributed by atoms with Gasteiger partial charge in [-0.05, 0) is 54.1 Å². The van der Waals surface area contributed by atoms with Crippen LogP contribution in [0.3, 0.4) is 0 Å². The molecule has 0 radical (unpaired) electrons. The van der Waals surface area contributed by atoms with Crippen LogP contribution in [0.15, 0.2) is 73.1 Å². The van der Waals surface area contributed by atoms with Crippen LogP contribution in [0.2, 0.25) is 0 Å². The quantitative estimate of drug-likeness (QED) is 0.387. The Balaban J connectivity index is 1.55. The Kier molecular flexibility index (Phi) is 7.56. The number of pyridine rings is 1. The van der Waals surface area contributed by atoms with E-state index in [1.165, 1.54) is 0 Å². The number of thiol groups is 1. The van der Waals surface area contributed by atoms with Gasteiger partial charge in [-0.25, -0.2) is 4.79 Å². The maximum absolute atomic E-state index is 12.6. The highest BCUT2D eigenvalue weighted by Crippen LogP contribution is 2.30. The fourth-order valence-corrected chi connectivity index (χ4v) is 3.05. The van der Waals surface area contributed by atoms with Crippen LogP contribution in [0.1, 0.15) is 27.5 Å². The first-order valence-corrected chi connectivity index (χ1v) is 10.0. The molecule has 2 aromatic carbocycles. The molecule has 0 bridgehead atoms. The minimum Gasteiger partial charge on any atom is -0.322 e. The molecule has 172 valence electrons. The number of hydrogen-bond acceptors (Lipinski definition) is 5. The van der Waals surface area contributed by atoms with Crippen LogP contribution in [0.5, 0.6) is 0 Å². The van der Waals surface area contributed by atoms with Crippen molar-refractivity contribution in [3.05, 3.63) is 89.7 Å². The second-order valence-electron chi connectivity index (χ2n) is 7.01. The number of amides is 3. The van der Waals surface area contributed by atoms with Gasteiger partial charge in [0.05, 0.1) is 12.1 Å². The minimum atomic E-state index is -4.46. The number of anilines is 2. The lowest BCUT2D eigenvalue weighted by atomic mass is 10.1. The summed E-state index contributed by atoms with van der Waals surface area (Å²) < 4.78 is 38.9. The van der Waals surface area contributed by atoms with Gasteiger partial charge in [-0.15, -0.1) is 0 Å². The molecule has 11 heteroatoms. The van der Waals surface area contributed by atoms with Gasteiger partial charge in [-0.1, -0.05) is 24.9 Å². The maximum Gasteiger partial charge on any atom is 0.416 e. The van der Waals surface area contributed by atoms with E-state index in [-0.39, 0.29) is 18.1 Å². The van der Waals surface area contributed by atoms with Crippen molar-refractivity contribution in [1.82, 2.24) is 9.29 Å². The number of nitrogens with two attached hydrogens (primary N) is 1. The summed E-state index contributed by atoms with van der Waals surface area (Å²) in [6, 6.07) is 12.7. The van der Waals surface area contributed by atoms with Gasteiger partial charge in [0, 0.05) is 35.4 Å². The van der Waals surface area contributed by atoms with Gasteiger partial charge in [0.1, 0.15) is 0 Å². The summed E-state index contributed by atoms with van der Waals surface area (Å²) in [5, 5.41) is 5.20. The summed E-state index contributed by atoms with van der Waals surface area (Å²) in [5.74, 6) is -0.298. The van der Waals surface area contributed by atoms with Crippen molar-refractivity contribution in [2.45, 2.75) is 12.2 Å². The van der Waals surface area contributed by atoms with Crippen LogP contribution in [0.4, 0.5) is 29.3 Å². The van der Waals surface area contributed by atoms with Crippen molar-refractivity contribution in [3.8, 4) is 0 Å². The molecule has 1 aromatic heterocycles. The zero-order valence-electron chi connectivity index (χ0n) is 17.1. The summed E-state index contributed by atoms with van der Waals surface area (Å²) in [6.07, 6.45) is -1.33. The van der Waals surface area contributed by atoms with E-state index in [1.54, 1.807) is 48.8 Å². The topological polar surface area (TPSA) is 100 Å². The smallest absolute Gasteiger partial charge is 0.322 e. The Morgan fingerprint density at radius 2 is 1.52 bits per heavy atom. The fraction of sp³-hybridized carbons (Fsp3) is 0.136. The Bertz CT molecular complexity index is 1090. The lowest BCUT2D eigenvalue weighted by Crippen LogP contribution is -2.33. The average molecular weight is 475 g/mol. The predicted octanol–water partition coefficient (Wildman–Crippen LogP) is 4.73. The molecule has 1 atom stereocenters. The summed E-state index contributed by atoms with van der Waals surface area (Å²) >= 11 is 4.11. The Hall–Kier alpha value is -3.57. The third-order valence-electron chi connectivity index (χ3n) is 4.61. The largest absolute Gasteiger partial charge is 0.416 e. The number of carbonyl (C=O) groups is 2. The van der Waals surface area contributed by atoms with Crippen molar-refractivity contribution >= 4 is 36.1 Å². The van der Waals surface area contributed by atoms with Gasteiger partial charge in [0.15, 0.2) is 0 Å². The van der Waals surface area contributed by atoms with E-state index in [0.29, 0.717) is 16.8 Å². The number of rotatable bonds is 6. The van der Waals surface area contributed by atoms with E-state index < -0.39 is 23.8 Å². The fourth-order valence-electron chi connectivity index (χ4n) is 2.83. The van der Waals surface area contributed by atoms with Crippen molar-refractivity contribution in [2.24, 2.45) is 5.73 Å². The average Bonchev–Trinajstić information content (AvgIpc) is 2.79. The molecule has 0 saturated heterocycles. The van der Waals surface area contributed by atoms with Crippen molar-refractivity contribution < 1.29 is 22.8 Å². The molecule has 7 nitrogen and oxygen atoms in total. The molecule has 0 fully saturated rings. The van der Waals surface area contributed by atoms with Crippen molar-refractivity contribution in [3.63, 3.8) is 0 Å². The number of aromatic nitrogens is 1. The molecule has 1 heterocycles. The maximum atomic E-state index is 12.6. The molecule has 0 aliphatic carbocycles. The van der Waals surface area contributed by atoms with Crippen LogP contribution in [0.25, 0.3) is 0 Å². The number of urea groups is 1. The standard InChI is InChI=1S/C22H20F3N5O2S/c23-22(24,25)16-5-7-17(8-6-16)29-21(32)30(33)13-19(26)14-1-3-15(4-2-14)20(31)28-18-9-11-27-12-10-18/h1-12,19,33H,13,26H2,(H,29,32)(H,27,28,31). The third kappa shape index (κ3) is 6.70. The molecule has 33 heavy (non-hydrogen) atoms. The molecule has 4 N–H and O–H groups in total. The minimum absolute atomic E-state index is 0.0120. The van der Waals surface area contributed by atoms with E-state index in [4.69, 9.17) is 5.73 Å². The van der Waals surface area contributed by atoms with E-state index in [0.717, 1.165) is 28.6 Å². The molecule has 3 amide bonds. The molecule has 0 spiro atoms. The van der Waals surface area contributed by atoms with E-state index in [2.05, 4.69) is 28.4 Å². The first-order chi connectivity index (χ1) is 15.6. The number of hydrogen-bond donors (Lipinski definition) is 4. The molecule has 0 aliphatic rings. The molecule has 0 saturated carbocycles. The van der Waals surface area contributed by atoms with Crippen molar-refractivity contribution in [2.75, 3.05) is 17.2 Å². The molecule has 3 aromatic rings. The van der Waals surface area contributed by atoms with Crippen LogP contribution >= 0.6 is 12.8 Å². The number of benzene rings is 2. The SMILES string of the molecule is NC(CN(S)C(=O)Nc1ccc(C(F)(F)F)cc1)c1ccc(C(=O)Nc2ccncc2)cc1. The summed E-state index contributed by atoms with van der Waals surface area (Å²) in [4.78, 5) is 28.5. The summed E-state index contributed by atoms with van der Waals surface area (Å²) in [6.45, 7) is 0.0120. The van der Waals surface area contributed by atoms with Crippen LogP contribution in [0, 0.1) is 0 Å². The van der Waals surface area contributed by atoms with Gasteiger partial charge in [-0.2, -0.15) is 13.2 Å². The van der Waals surface area contributed by atoms with E-state index >= 15 is 0 Å². The highest BCUT2D eigenvalue weighted by molar-refractivity contribution is 7.78. The molecular formula is C22H20F3N5O2S. The monoisotopic (exact) mass is 475 g/mol. The second kappa shape index (κ2) is 10.4. The number of nitrogens with one attached hydrogen (secondary N) is 2. The van der Waals surface area contributed by atoms with Gasteiger partial charge in [0.25, 0.3) is 5.91 Å². The van der Waals surface area contributed by atoms with Crippen LogP contribution in [-0.2, 0) is 6.18 Å². The zero-order valence-corrected chi connectivity index (χ0v) is 18.0. The molecule has 0 aliphatic heterocycles. The number of halogens is 3. The van der Waals surface area contributed by atoms with Crippen LogP contribution < -0.4 is 16.4 Å². The molecule has 3 rings (SSSR count). The first-order valence-electron chi connectivity index (χ1n) is 9.65. The zero-order chi connectivity index (χ0) is 24.0. The van der Waals surface area contributed by atoms with Gasteiger partial charge in [0.2, 0.25) is 0 Å². The highest BCUT2D eigenvalue weighted by atomic mass is 32.1. The predicted molar refractivity (Wildman–Crippen MR) is 122 cm³/mol. The van der Waals surface area contributed by atoms with E-state index in [1.807, 2.05) is 0 Å². The highest BCUT2D eigenvalue weighted by Gasteiger charge is 2.30. The Morgan fingerprint density at radius 1 is 0.939 bits per heavy atom. The molecular weight excluding hydrogens is 455 g/mol. The number of carbonyl (C=O) groups excluding carboxylic acids is 2. The normalized spacial score (nSPS) is 12.0. The first kappa shape index (κ1) is 24.1. The summed E-state index contributed by atoms with van der Waals surface area (Å²) in [5.41, 5.74) is 7.21. The van der Waals surface area contributed by atoms with Gasteiger partial charge < -0.3 is 16.4 Å². The lowest BCUT2D eigenvalue weighted by molar-refractivity contribution is -0.137. The van der Waals surface area contributed by atoms with Crippen molar-refractivity contribution in [1.29, 1.82) is 0 Å². The third-order valence-corrected chi connectivity index (χ3v) is 4.95. The second-order valence-corrected chi connectivity index (χ2v) is 7.49. The Labute approximate surface area is 193 Å². The van der Waals surface area contributed by atoms with Gasteiger partial charge >= 0.3 is 12.2 Å². The summed E-state index contributed by atoms with van der Waals surface area (Å²) in [7, 11) is 0. The van der Waals surface area contributed by atoms with Gasteiger partial charge in [-0.3, -0.25) is 14.1 Å². The molecule has 1 unspecified atom stereocenters. The lowest BCUT2D eigenvalue weighted by Gasteiger charge is -2.21. The number of nitrogens with zero attached hydrogens (tertiary/aromatic N) is 2. The number of alkyl halides is 3. The van der Waals surface area contributed by atoms with E-state index in [9.17, 15) is 22.8 Å². The van der Waals surface area contributed by atoms with Crippen LogP contribution in [-0.4, -0.2) is 27.8 Å². The Morgan fingerprint density at radius 3 is 2.09 bits per heavy atom.